The van der Waals surface area contributed by atoms with Crippen molar-refractivity contribution in [3.63, 3.8) is 0 Å². The molecule has 1 aliphatic heterocycles. The first-order valence-corrected chi connectivity index (χ1v) is 7.76. The third-order valence-electron chi connectivity index (χ3n) is 2.92. The number of halogens is 2. The van der Waals surface area contributed by atoms with Gasteiger partial charge in [-0.2, -0.15) is 0 Å². The number of ether oxygens (including phenoxy) is 1. The summed E-state index contributed by atoms with van der Waals surface area (Å²) >= 11 is 6.87. The molecule has 0 aliphatic carbocycles. The fourth-order valence-electron chi connectivity index (χ4n) is 1.90. The van der Waals surface area contributed by atoms with Crippen molar-refractivity contribution in [2.75, 3.05) is 0 Å². The van der Waals surface area contributed by atoms with Gasteiger partial charge in [0.1, 0.15) is 0 Å². The van der Waals surface area contributed by atoms with Crippen LogP contribution in [0.1, 0.15) is 11.1 Å². The quantitative estimate of drug-likeness (QED) is 0.541. The summed E-state index contributed by atoms with van der Waals surface area (Å²) in [6.07, 6.45) is 1.70. The molecule has 0 radical (unpaired) electrons. The van der Waals surface area contributed by atoms with E-state index >= 15 is 0 Å². The largest absolute Gasteiger partial charge is 0.402 e. The van der Waals surface area contributed by atoms with Gasteiger partial charge in [-0.1, -0.05) is 46.3 Å². The minimum Gasteiger partial charge on any atom is -0.402 e. The summed E-state index contributed by atoms with van der Waals surface area (Å²) < 4.78 is 6.98. The molecule has 104 valence electrons. The van der Waals surface area contributed by atoms with Crippen LogP contribution in [0.15, 0.2) is 68.2 Å². The van der Waals surface area contributed by atoms with E-state index in [4.69, 9.17) is 4.74 Å². The molecule has 3 nitrogen and oxygen atoms in total. The molecule has 0 fully saturated rings. The maximum atomic E-state index is 11.9. The van der Waals surface area contributed by atoms with Crippen LogP contribution in [0.2, 0.25) is 0 Å². The van der Waals surface area contributed by atoms with Gasteiger partial charge in [-0.05, 0) is 45.8 Å². The van der Waals surface area contributed by atoms with Gasteiger partial charge < -0.3 is 4.74 Å². The van der Waals surface area contributed by atoms with Crippen molar-refractivity contribution >= 4 is 49.8 Å². The van der Waals surface area contributed by atoms with Crippen LogP contribution in [0, 0.1) is 0 Å². The van der Waals surface area contributed by atoms with Gasteiger partial charge in [-0.3, -0.25) is 0 Å². The zero-order valence-electron chi connectivity index (χ0n) is 10.7. The Morgan fingerprint density at radius 1 is 0.952 bits per heavy atom. The first-order chi connectivity index (χ1) is 10.1. The Kier molecular flexibility index (Phi) is 4.03. The van der Waals surface area contributed by atoms with E-state index in [2.05, 4.69) is 36.9 Å². The van der Waals surface area contributed by atoms with E-state index in [0.29, 0.717) is 5.90 Å². The van der Waals surface area contributed by atoms with E-state index in [1.807, 2.05) is 48.5 Å². The number of nitrogens with zero attached hydrogens (tertiary/aromatic N) is 1. The van der Waals surface area contributed by atoms with Crippen molar-refractivity contribution in [1.29, 1.82) is 0 Å². The average molecular weight is 407 g/mol. The highest BCUT2D eigenvalue weighted by Gasteiger charge is 2.25. The second-order valence-electron chi connectivity index (χ2n) is 4.34. The zero-order valence-corrected chi connectivity index (χ0v) is 13.9. The Labute approximate surface area is 138 Å². The maximum Gasteiger partial charge on any atom is 0.363 e. The van der Waals surface area contributed by atoms with Crippen LogP contribution < -0.4 is 0 Å². The lowest BCUT2D eigenvalue weighted by Gasteiger charge is -2.01. The van der Waals surface area contributed by atoms with E-state index in [1.54, 1.807) is 6.08 Å². The lowest BCUT2D eigenvalue weighted by atomic mass is 10.2. The molecule has 0 spiro atoms. The van der Waals surface area contributed by atoms with Gasteiger partial charge >= 0.3 is 5.97 Å². The van der Waals surface area contributed by atoms with Crippen molar-refractivity contribution in [3.8, 4) is 0 Å². The summed E-state index contributed by atoms with van der Waals surface area (Å²) in [5.41, 5.74) is 1.91. The number of aliphatic imine (C=N–C) groups is 1. The molecule has 0 N–H and O–H groups in total. The molecule has 0 aromatic heterocycles. The van der Waals surface area contributed by atoms with Crippen LogP contribution in [0.3, 0.4) is 0 Å². The van der Waals surface area contributed by atoms with Crippen LogP contribution in [-0.2, 0) is 9.53 Å². The van der Waals surface area contributed by atoms with Crippen molar-refractivity contribution in [2.45, 2.75) is 0 Å². The van der Waals surface area contributed by atoms with Crippen LogP contribution in [0.25, 0.3) is 6.08 Å². The van der Waals surface area contributed by atoms with Gasteiger partial charge in [0.2, 0.25) is 5.90 Å². The van der Waals surface area contributed by atoms with Crippen LogP contribution in [-0.4, -0.2) is 11.9 Å². The first-order valence-electron chi connectivity index (χ1n) is 6.17. The van der Waals surface area contributed by atoms with Gasteiger partial charge in [0.15, 0.2) is 5.70 Å². The molecule has 0 atom stereocenters. The third-order valence-corrected chi connectivity index (χ3v) is 4.34. The summed E-state index contributed by atoms with van der Waals surface area (Å²) in [4.78, 5) is 16.2. The average Bonchev–Trinajstić information content (AvgIpc) is 2.83. The summed E-state index contributed by atoms with van der Waals surface area (Å²) in [6, 6.07) is 15.1. The summed E-state index contributed by atoms with van der Waals surface area (Å²) in [5.74, 6) is -0.137. The van der Waals surface area contributed by atoms with Gasteiger partial charge in [-0.15, -0.1) is 0 Å². The number of esters is 1. The molecule has 0 amide bonds. The molecule has 2 aromatic carbocycles. The molecule has 0 unspecified atom stereocenters. The van der Waals surface area contributed by atoms with Crippen LogP contribution >= 0.6 is 31.9 Å². The molecule has 0 saturated carbocycles. The SMILES string of the molecule is O=C1OC(c2ccccc2Br)=N/C1=C\c1ccccc1Br. The molecule has 1 aliphatic rings. The van der Waals surface area contributed by atoms with Gasteiger partial charge in [-0.25, -0.2) is 9.79 Å². The van der Waals surface area contributed by atoms with Crippen molar-refractivity contribution in [1.82, 2.24) is 0 Å². The Morgan fingerprint density at radius 3 is 2.33 bits per heavy atom. The number of benzene rings is 2. The number of hydrogen-bond donors (Lipinski definition) is 0. The predicted octanol–water partition coefficient (Wildman–Crippen LogP) is 4.56. The molecule has 0 bridgehead atoms. The molecule has 1 heterocycles. The number of carbonyl (C=O) groups is 1. The second-order valence-corrected chi connectivity index (χ2v) is 6.05. The van der Waals surface area contributed by atoms with Gasteiger partial charge in [0.05, 0.1) is 5.56 Å². The highest BCUT2D eigenvalue weighted by molar-refractivity contribution is 9.10. The topological polar surface area (TPSA) is 38.7 Å². The number of hydrogen-bond acceptors (Lipinski definition) is 3. The van der Waals surface area contributed by atoms with Gasteiger partial charge in [0.25, 0.3) is 0 Å². The first kappa shape index (κ1) is 14.2. The standard InChI is InChI=1S/C16H9Br2NO2/c17-12-7-3-1-5-10(12)9-14-16(20)21-15(19-14)11-6-2-4-8-13(11)18/h1-9H/b14-9-. The number of cyclic esters (lactones) is 1. The van der Waals surface area contributed by atoms with Gasteiger partial charge in [0, 0.05) is 8.95 Å². The summed E-state index contributed by atoms with van der Waals surface area (Å²) in [7, 11) is 0. The highest BCUT2D eigenvalue weighted by Crippen LogP contribution is 2.25. The fraction of sp³-hybridized carbons (Fsp3) is 0. The smallest absolute Gasteiger partial charge is 0.363 e. The van der Waals surface area contributed by atoms with Crippen molar-refractivity contribution in [3.05, 3.63) is 74.3 Å². The molecule has 3 rings (SSSR count). The highest BCUT2D eigenvalue weighted by atomic mass is 79.9. The summed E-state index contributed by atoms with van der Waals surface area (Å²) in [5, 5.41) is 0. The molecule has 5 heteroatoms. The predicted molar refractivity (Wildman–Crippen MR) is 88.9 cm³/mol. The normalized spacial score (nSPS) is 16.0. The number of carbonyl (C=O) groups excluding carboxylic acids is 1. The van der Waals surface area contributed by atoms with E-state index in [1.165, 1.54) is 0 Å². The lowest BCUT2D eigenvalue weighted by molar-refractivity contribution is -0.129. The summed E-state index contributed by atoms with van der Waals surface area (Å²) in [6.45, 7) is 0. The zero-order chi connectivity index (χ0) is 14.8. The Balaban J connectivity index is 2.00. The molecule has 2 aromatic rings. The van der Waals surface area contributed by atoms with E-state index < -0.39 is 5.97 Å². The van der Waals surface area contributed by atoms with Crippen molar-refractivity contribution < 1.29 is 9.53 Å². The monoisotopic (exact) mass is 405 g/mol. The Hall–Kier alpha value is -1.72. The fourth-order valence-corrected chi connectivity index (χ4v) is 2.75. The van der Waals surface area contributed by atoms with Crippen molar-refractivity contribution in [2.24, 2.45) is 4.99 Å². The maximum absolute atomic E-state index is 11.9. The minimum absolute atomic E-state index is 0.285. The van der Waals surface area contributed by atoms with E-state index in [0.717, 1.165) is 20.1 Å². The molecular formula is C16H9Br2NO2. The van der Waals surface area contributed by atoms with Crippen LogP contribution in [0.5, 0.6) is 0 Å². The Bertz CT molecular complexity index is 781. The van der Waals surface area contributed by atoms with Crippen LogP contribution in [0.4, 0.5) is 0 Å². The Morgan fingerprint density at radius 2 is 1.62 bits per heavy atom. The third kappa shape index (κ3) is 2.99. The molecule has 0 saturated heterocycles. The lowest BCUT2D eigenvalue weighted by Crippen LogP contribution is -2.05. The second kappa shape index (κ2) is 5.95. The van der Waals surface area contributed by atoms with E-state index in [9.17, 15) is 4.79 Å². The molecular weight excluding hydrogens is 398 g/mol. The minimum atomic E-state index is -0.448. The van der Waals surface area contributed by atoms with E-state index in [-0.39, 0.29) is 5.70 Å². The number of rotatable bonds is 2. The molecule has 21 heavy (non-hydrogen) atoms.